The van der Waals surface area contributed by atoms with Crippen LogP contribution in [-0.4, -0.2) is 43.5 Å². The molecule has 0 bridgehead atoms. The van der Waals surface area contributed by atoms with E-state index in [0.29, 0.717) is 47.6 Å². The fraction of sp³-hybridized carbons (Fsp3) is 0.150. The molecule has 4 aromatic rings. The third-order valence-electron chi connectivity index (χ3n) is 5.01. The van der Waals surface area contributed by atoms with Crippen LogP contribution >= 0.6 is 0 Å². The van der Waals surface area contributed by atoms with Crippen molar-refractivity contribution in [2.45, 2.75) is 13.0 Å². The molecule has 1 aliphatic heterocycles. The van der Waals surface area contributed by atoms with Crippen LogP contribution in [0.25, 0.3) is 16.9 Å². The highest BCUT2D eigenvalue weighted by Gasteiger charge is 2.23. The number of nitrogens with zero attached hydrogens (tertiary/aromatic N) is 4. The van der Waals surface area contributed by atoms with Crippen molar-refractivity contribution in [1.82, 2.24) is 19.7 Å². The predicted octanol–water partition coefficient (Wildman–Crippen LogP) is 1.18. The fourth-order valence-corrected chi connectivity index (χ4v) is 3.58. The summed E-state index contributed by atoms with van der Waals surface area (Å²) < 4.78 is 20.7. The van der Waals surface area contributed by atoms with E-state index < -0.39 is 7.12 Å². The van der Waals surface area contributed by atoms with Gasteiger partial charge in [0.05, 0.1) is 23.9 Å². The maximum absolute atomic E-state index is 13.5. The van der Waals surface area contributed by atoms with Gasteiger partial charge in [0.2, 0.25) is 5.88 Å². The smallest absolute Gasteiger partial charge is 0.477 e. The first kappa shape index (κ1) is 18.5. The average Bonchev–Trinajstić information content (AvgIpc) is 3.38. The summed E-state index contributed by atoms with van der Waals surface area (Å²) >= 11 is 0. The summed E-state index contributed by atoms with van der Waals surface area (Å²) in [5.74, 6) is 1.07. The summed E-state index contributed by atoms with van der Waals surface area (Å²) in [6, 6.07) is 11.5. The van der Waals surface area contributed by atoms with Crippen LogP contribution in [0.1, 0.15) is 11.1 Å². The van der Waals surface area contributed by atoms with E-state index in [1.165, 1.54) is 16.8 Å². The van der Waals surface area contributed by atoms with E-state index in [4.69, 9.17) is 4.74 Å². The van der Waals surface area contributed by atoms with Gasteiger partial charge in [-0.05, 0) is 29.2 Å². The van der Waals surface area contributed by atoms with Crippen LogP contribution in [0.15, 0.2) is 48.7 Å². The van der Waals surface area contributed by atoms with Crippen LogP contribution in [0.4, 0.5) is 10.2 Å². The van der Waals surface area contributed by atoms with E-state index in [1.807, 2.05) is 6.07 Å². The highest BCUT2D eigenvalue weighted by Crippen LogP contribution is 2.30. The van der Waals surface area contributed by atoms with Crippen LogP contribution in [0.5, 0.6) is 5.88 Å². The molecular formula is C20H17BFN5O3. The fourth-order valence-electron chi connectivity index (χ4n) is 3.58. The minimum atomic E-state index is -1.61. The Labute approximate surface area is 171 Å². The Kier molecular flexibility index (Phi) is 4.57. The van der Waals surface area contributed by atoms with Crippen LogP contribution in [0.3, 0.4) is 0 Å². The summed E-state index contributed by atoms with van der Waals surface area (Å²) in [6.45, 7) is 0.893. The number of fused-ring (bicyclic) bond motifs is 2. The van der Waals surface area contributed by atoms with E-state index in [0.717, 1.165) is 11.1 Å². The minimum Gasteiger partial charge on any atom is -0.477 e. The maximum Gasteiger partial charge on any atom is 0.489 e. The van der Waals surface area contributed by atoms with Gasteiger partial charge in [0, 0.05) is 18.4 Å². The van der Waals surface area contributed by atoms with Crippen LogP contribution in [0, 0.1) is 5.82 Å². The van der Waals surface area contributed by atoms with Gasteiger partial charge in [-0.2, -0.15) is 19.7 Å². The quantitative estimate of drug-likeness (QED) is 0.429. The second kappa shape index (κ2) is 7.40. The standard InChI is InChI=1S/C20H17BFN5O3/c22-13-4-1-3-12(9-13)10-23-18-14-7-8-30-19(14)26-20(25-18)27-17-6-2-5-16(21(28)29)15(17)11-24-27/h1-6,9,11,28-29H,7-8,10H2,(H,23,25,26). The molecule has 30 heavy (non-hydrogen) atoms. The van der Waals surface area contributed by atoms with Gasteiger partial charge in [-0.1, -0.05) is 24.3 Å². The molecule has 2 aromatic heterocycles. The van der Waals surface area contributed by atoms with Gasteiger partial charge in [0.15, 0.2) is 0 Å². The molecule has 0 atom stereocenters. The van der Waals surface area contributed by atoms with Crippen molar-refractivity contribution < 1.29 is 19.2 Å². The zero-order valence-electron chi connectivity index (χ0n) is 15.8. The van der Waals surface area contributed by atoms with E-state index in [2.05, 4.69) is 20.4 Å². The van der Waals surface area contributed by atoms with Gasteiger partial charge in [0.25, 0.3) is 5.95 Å². The number of nitrogens with one attached hydrogen (secondary N) is 1. The molecule has 0 spiro atoms. The van der Waals surface area contributed by atoms with Gasteiger partial charge < -0.3 is 20.1 Å². The molecule has 0 aliphatic carbocycles. The number of aromatic nitrogens is 4. The Bertz CT molecular complexity index is 1250. The Balaban J connectivity index is 1.55. The molecule has 0 fully saturated rings. The number of hydrogen-bond donors (Lipinski definition) is 3. The molecule has 0 amide bonds. The Morgan fingerprint density at radius 1 is 1.17 bits per heavy atom. The van der Waals surface area contributed by atoms with E-state index in [-0.39, 0.29) is 11.8 Å². The molecular weight excluding hydrogens is 388 g/mol. The van der Waals surface area contributed by atoms with Crippen molar-refractivity contribution in [2.24, 2.45) is 0 Å². The molecule has 1 aliphatic rings. The molecule has 8 nitrogen and oxygen atoms in total. The molecule has 0 radical (unpaired) electrons. The lowest BCUT2D eigenvalue weighted by Crippen LogP contribution is -2.30. The molecule has 10 heteroatoms. The summed E-state index contributed by atoms with van der Waals surface area (Å²) in [5.41, 5.74) is 2.63. The zero-order chi connectivity index (χ0) is 20.7. The van der Waals surface area contributed by atoms with Crippen molar-refractivity contribution in [3.63, 3.8) is 0 Å². The summed E-state index contributed by atoms with van der Waals surface area (Å²) in [5, 5.41) is 27.4. The number of anilines is 1. The molecule has 3 N–H and O–H groups in total. The number of halogens is 1. The molecule has 0 saturated carbocycles. The third kappa shape index (κ3) is 3.25. The van der Waals surface area contributed by atoms with Gasteiger partial charge >= 0.3 is 7.12 Å². The molecule has 2 aromatic carbocycles. The van der Waals surface area contributed by atoms with E-state index in [9.17, 15) is 14.4 Å². The van der Waals surface area contributed by atoms with Gasteiger partial charge in [-0.3, -0.25) is 0 Å². The lowest BCUT2D eigenvalue weighted by Gasteiger charge is -2.12. The Hall–Kier alpha value is -3.50. The first-order valence-corrected chi connectivity index (χ1v) is 9.45. The normalized spacial score (nSPS) is 12.6. The zero-order valence-corrected chi connectivity index (χ0v) is 15.8. The molecule has 3 heterocycles. The number of benzene rings is 2. The lowest BCUT2D eigenvalue weighted by molar-refractivity contribution is 0.344. The Morgan fingerprint density at radius 2 is 2.03 bits per heavy atom. The average molecular weight is 405 g/mol. The molecule has 0 unspecified atom stereocenters. The van der Waals surface area contributed by atoms with Gasteiger partial charge in [-0.15, -0.1) is 0 Å². The maximum atomic E-state index is 13.5. The van der Waals surface area contributed by atoms with Crippen molar-refractivity contribution >= 4 is 29.3 Å². The van der Waals surface area contributed by atoms with Crippen molar-refractivity contribution in [3.8, 4) is 11.8 Å². The molecule has 0 saturated heterocycles. The topological polar surface area (TPSA) is 105 Å². The predicted molar refractivity (Wildman–Crippen MR) is 109 cm³/mol. The largest absolute Gasteiger partial charge is 0.489 e. The monoisotopic (exact) mass is 405 g/mol. The first-order valence-electron chi connectivity index (χ1n) is 9.45. The Morgan fingerprint density at radius 3 is 2.87 bits per heavy atom. The lowest BCUT2D eigenvalue weighted by atomic mass is 9.78. The number of hydrogen-bond acceptors (Lipinski definition) is 7. The number of ether oxygens (including phenoxy) is 1. The molecule has 5 rings (SSSR count). The van der Waals surface area contributed by atoms with Crippen molar-refractivity contribution in [1.29, 1.82) is 0 Å². The first-order chi connectivity index (χ1) is 14.6. The van der Waals surface area contributed by atoms with E-state index >= 15 is 0 Å². The van der Waals surface area contributed by atoms with Gasteiger partial charge in [-0.25, -0.2) is 4.39 Å². The second-order valence-electron chi connectivity index (χ2n) is 6.95. The van der Waals surface area contributed by atoms with E-state index in [1.54, 1.807) is 30.5 Å². The highest BCUT2D eigenvalue weighted by atomic mass is 19.1. The third-order valence-corrected chi connectivity index (χ3v) is 5.01. The summed E-state index contributed by atoms with van der Waals surface area (Å²) in [7, 11) is -1.61. The van der Waals surface area contributed by atoms with Crippen molar-refractivity contribution in [2.75, 3.05) is 11.9 Å². The second-order valence-corrected chi connectivity index (χ2v) is 6.95. The summed E-state index contributed by atoms with van der Waals surface area (Å²) in [4.78, 5) is 9.12. The van der Waals surface area contributed by atoms with Crippen molar-refractivity contribution in [3.05, 3.63) is 65.6 Å². The summed E-state index contributed by atoms with van der Waals surface area (Å²) in [6.07, 6.45) is 2.21. The van der Waals surface area contributed by atoms with Gasteiger partial charge in [0.1, 0.15) is 11.6 Å². The highest BCUT2D eigenvalue weighted by molar-refractivity contribution is 6.61. The molecule has 150 valence electrons. The number of rotatable bonds is 5. The van der Waals surface area contributed by atoms with Crippen LogP contribution in [-0.2, 0) is 13.0 Å². The van der Waals surface area contributed by atoms with Crippen LogP contribution < -0.4 is 15.5 Å². The van der Waals surface area contributed by atoms with Crippen LogP contribution in [0.2, 0.25) is 0 Å². The minimum absolute atomic E-state index is 0.289. The SMILES string of the molecule is OB(O)c1cccc2c1cnn2-c1nc(NCc2cccc(F)c2)c2c(n1)OCC2.